The van der Waals surface area contributed by atoms with Crippen molar-refractivity contribution in [3.63, 3.8) is 0 Å². The summed E-state index contributed by atoms with van der Waals surface area (Å²) in [6.45, 7) is 0. The van der Waals surface area contributed by atoms with Gasteiger partial charge in [-0.25, -0.2) is 0 Å². The van der Waals surface area contributed by atoms with E-state index >= 15 is 0 Å². The van der Waals surface area contributed by atoms with E-state index < -0.39 is 10.1 Å². The molecule has 1 aliphatic rings. The maximum atomic E-state index is 10.8. The minimum absolute atomic E-state index is 0.145. The minimum Gasteiger partial charge on any atom is -0.265 e. The Morgan fingerprint density at radius 1 is 1.33 bits per heavy atom. The summed E-state index contributed by atoms with van der Waals surface area (Å²) >= 11 is 5.90. The van der Waals surface area contributed by atoms with E-state index in [-0.39, 0.29) is 11.5 Å². The van der Waals surface area contributed by atoms with Crippen LogP contribution in [-0.4, -0.2) is 26.2 Å². The van der Waals surface area contributed by atoms with Crippen molar-refractivity contribution in [2.24, 2.45) is 0 Å². The van der Waals surface area contributed by atoms with Crippen molar-refractivity contribution in [3.05, 3.63) is 0 Å². The Bertz CT molecular complexity index is 237. The Morgan fingerprint density at radius 2 is 1.92 bits per heavy atom. The fourth-order valence-corrected chi connectivity index (χ4v) is 2.46. The molecule has 72 valence electrons. The van der Waals surface area contributed by atoms with Gasteiger partial charge in [0.15, 0.2) is 0 Å². The molecule has 2 unspecified atom stereocenters. The maximum Gasteiger partial charge on any atom is 0.264 e. The summed E-state index contributed by atoms with van der Waals surface area (Å²) in [7, 11) is -3.34. The lowest BCUT2D eigenvalue weighted by Gasteiger charge is -2.25. The quantitative estimate of drug-likeness (QED) is 0.515. The van der Waals surface area contributed by atoms with Crippen LogP contribution in [0.2, 0.25) is 0 Å². The molecule has 2 atom stereocenters. The van der Waals surface area contributed by atoms with Gasteiger partial charge >= 0.3 is 0 Å². The number of halogens is 1. The molecule has 1 aliphatic carbocycles. The monoisotopic (exact) mass is 212 g/mol. The first-order valence-corrected chi connectivity index (χ1v) is 6.26. The van der Waals surface area contributed by atoms with Crippen LogP contribution in [0.1, 0.15) is 25.7 Å². The van der Waals surface area contributed by atoms with Crippen LogP contribution < -0.4 is 0 Å². The molecule has 0 N–H and O–H groups in total. The van der Waals surface area contributed by atoms with Gasteiger partial charge in [-0.3, -0.25) is 4.18 Å². The molecule has 0 aromatic heterocycles. The van der Waals surface area contributed by atoms with Crippen LogP contribution in [0, 0.1) is 0 Å². The lowest BCUT2D eigenvalue weighted by molar-refractivity contribution is 0.168. The molecular weight excluding hydrogens is 200 g/mol. The largest absolute Gasteiger partial charge is 0.265 e. The zero-order valence-corrected chi connectivity index (χ0v) is 8.57. The van der Waals surface area contributed by atoms with E-state index in [1.807, 2.05) is 0 Å². The summed E-state index contributed by atoms with van der Waals surface area (Å²) < 4.78 is 26.4. The maximum absolute atomic E-state index is 10.8. The van der Waals surface area contributed by atoms with Gasteiger partial charge in [-0.05, 0) is 12.8 Å². The normalized spacial score (nSPS) is 31.8. The third-order valence-electron chi connectivity index (χ3n) is 1.92. The fraction of sp³-hybridized carbons (Fsp3) is 1.00. The number of alkyl halides is 1. The lowest BCUT2D eigenvalue weighted by atomic mass is 9.97. The van der Waals surface area contributed by atoms with Crippen LogP contribution in [0.15, 0.2) is 0 Å². The van der Waals surface area contributed by atoms with Crippen LogP contribution >= 0.6 is 11.6 Å². The van der Waals surface area contributed by atoms with Crippen molar-refractivity contribution in [2.45, 2.75) is 37.2 Å². The summed E-state index contributed by atoms with van der Waals surface area (Å²) in [5.41, 5.74) is 0. The highest BCUT2D eigenvalue weighted by molar-refractivity contribution is 7.86. The van der Waals surface area contributed by atoms with Gasteiger partial charge in [0, 0.05) is 0 Å². The predicted molar refractivity (Wildman–Crippen MR) is 47.8 cm³/mol. The van der Waals surface area contributed by atoms with E-state index in [4.69, 9.17) is 15.8 Å². The van der Waals surface area contributed by atoms with Gasteiger partial charge in [0.25, 0.3) is 10.1 Å². The van der Waals surface area contributed by atoms with Crippen molar-refractivity contribution in [1.29, 1.82) is 0 Å². The molecule has 1 rings (SSSR count). The van der Waals surface area contributed by atoms with Gasteiger partial charge in [0.2, 0.25) is 0 Å². The average molecular weight is 213 g/mol. The molecule has 3 nitrogen and oxygen atoms in total. The molecule has 1 saturated carbocycles. The lowest BCUT2D eigenvalue weighted by Crippen LogP contribution is -2.30. The highest BCUT2D eigenvalue weighted by atomic mass is 35.5. The zero-order chi connectivity index (χ0) is 9.19. The standard InChI is InChI=1S/C7H13ClO3S/c1-12(9,10)11-7-5-3-2-4-6(7)8/h6-7H,2-5H2,1H3. The van der Waals surface area contributed by atoms with Gasteiger partial charge in [0.05, 0.1) is 17.7 Å². The zero-order valence-electron chi connectivity index (χ0n) is 6.99. The SMILES string of the molecule is CS(=O)(=O)OC1CCCCC1Cl. The minimum atomic E-state index is -3.34. The highest BCUT2D eigenvalue weighted by Gasteiger charge is 2.26. The van der Waals surface area contributed by atoms with E-state index in [0.717, 1.165) is 31.9 Å². The van der Waals surface area contributed by atoms with Crippen LogP contribution in [0.25, 0.3) is 0 Å². The third kappa shape index (κ3) is 3.29. The van der Waals surface area contributed by atoms with Crippen LogP contribution in [0.3, 0.4) is 0 Å². The number of hydrogen-bond acceptors (Lipinski definition) is 3. The Balaban J connectivity index is 2.50. The van der Waals surface area contributed by atoms with E-state index in [2.05, 4.69) is 0 Å². The van der Waals surface area contributed by atoms with Crippen molar-refractivity contribution >= 4 is 21.7 Å². The second-order valence-electron chi connectivity index (χ2n) is 3.14. The summed E-state index contributed by atoms with van der Waals surface area (Å²) in [4.78, 5) is 0. The predicted octanol–water partition coefficient (Wildman–Crippen LogP) is 1.51. The van der Waals surface area contributed by atoms with Crippen LogP contribution in [0.5, 0.6) is 0 Å². The molecular formula is C7H13ClO3S. The third-order valence-corrected chi connectivity index (χ3v) is 3.02. The Morgan fingerprint density at radius 3 is 2.42 bits per heavy atom. The molecule has 12 heavy (non-hydrogen) atoms. The van der Waals surface area contributed by atoms with E-state index in [1.165, 1.54) is 0 Å². The summed E-state index contributed by atoms with van der Waals surface area (Å²) in [6.07, 6.45) is 4.42. The van der Waals surface area contributed by atoms with Gasteiger partial charge in [-0.15, -0.1) is 11.6 Å². The first-order valence-electron chi connectivity index (χ1n) is 4.01. The Kier molecular flexibility index (Phi) is 3.37. The van der Waals surface area contributed by atoms with E-state index in [1.54, 1.807) is 0 Å². The van der Waals surface area contributed by atoms with E-state index in [9.17, 15) is 8.42 Å². The first kappa shape index (κ1) is 10.3. The number of rotatable bonds is 2. The Labute approximate surface area is 78.2 Å². The van der Waals surface area contributed by atoms with Gasteiger partial charge in [0.1, 0.15) is 0 Å². The van der Waals surface area contributed by atoms with Crippen LogP contribution in [0.4, 0.5) is 0 Å². The highest BCUT2D eigenvalue weighted by Crippen LogP contribution is 2.26. The molecule has 0 aromatic rings. The molecule has 0 spiro atoms. The Hall–Kier alpha value is 0.200. The fourth-order valence-electron chi connectivity index (χ4n) is 1.38. The molecule has 5 heteroatoms. The average Bonchev–Trinajstić information content (AvgIpc) is 1.91. The molecule has 0 radical (unpaired) electrons. The molecule has 0 saturated heterocycles. The van der Waals surface area contributed by atoms with Crippen molar-refractivity contribution < 1.29 is 12.6 Å². The molecule has 0 heterocycles. The van der Waals surface area contributed by atoms with Crippen LogP contribution in [-0.2, 0) is 14.3 Å². The number of hydrogen-bond donors (Lipinski definition) is 0. The molecule has 1 fully saturated rings. The van der Waals surface area contributed by atoms with Gasteiger partial charge < -0.3 is 0 Å². The van der Waals surface area contributed by atoms with Gasteiger partial charge in [-0.1, -0.05) is 12.8 Å². The second kappa shape index (κ2) is 3.94. The van der Waals surface area contributed by atoms with Gasteiger partial charge in [-0.2, -0.15) is 8.42 Å². The smallest absolute Gasteiger partial charge is 0.264 e. The molecule has 0 aliphatic heterocycles. The molecule has 0 bridgehead atoms. The van der Waals surface area contributed by atoms with Crippen molar-refractivity contribution in [3.8, 4) is 0 Å². The second-order valence-corrected chi connectivity index (χ2v) is 5.30. The summed E-state index contributed by atoms with van der Waals surface area (Å²) in [5.74, 6) is 0. The van der Waals surface area contributed by atoms with Crippen molar-refractivity contribution in [1.82, 2.24) is 0 Å². The van der Waals surface area contributed by atoms with Crippen molar-refractivity contribution in [2.75, 3.05) is 6.26 Å². The first-order chi connectivity index (χ1) is 5.49. The molecule has 0 aromatic carbocycles. The molecule has 0 amide bonds. The topological polar surface area (TPSA) is 43.4 Å². The van der Waals surface area contributed by atoms with E-state index in [0.29, 0.717) is 0 Å². The summed E-state index contributed by atoms with van der Waals surface area (Å²) in [6, 6.07) is 0. The summed E-state index contributed by atoms with van der Waals surface area (Å²) in [5, 5.41) is -0.145.